The predicted octanol–water partition coefficient (Wildman–Crippen LogP) is 0.813. The standard InChI is InChI=1S/C20H23N3O.ClH/c1-2-15-23-18-12-7-6-11-17(18)22-19(23)13-8-14-21-20(24)16-9-4-3-5-10-16;/h3-7,9-12H,2,8,13-15H2,1H3,(H,21,24);1H/p-1. The molecule has 3 rings (SSSR count). The number of benzene rings is 2. The van der Waals surface area contributed by atoms with Gasteiger partial charge in [0.25, 0.3) is 5.91 Å². The van der Waals surface area contributed by atoms with Gasteiger partial charge in [0.15, 0.2) is 0 Å². The second-order valence-electron chi connectivity index (χ2n) is 5.89. The third kappa shape index (κ3) is 4.60. The molecule has 0 fully saturated rings. The summed E-state index contributed by atoms with van der Waals surface area (Å²) in [6.07, 6.45) is 2.83. The summed E-state index contributed by atoms with van der Waals surface area (Å²) in [5.74, 6) is 1.09. The number of hydrogen-bond donors (Lipinski definition) is 1. The normalized spacial score (nSPS) is 10.4. The lowest BCUT2D eigenvalue weighted by molar-refractivity contribution is -0.0000133. The zero-order valence-corrected chi connectivity index (χ0v) is 15.2. The fraction of sp³-hybridized carbons (Fsp3) is 0.300. The maximum atomic E-state index is 12.0. The minimum atomic E-state index is -0.0161. The molecule has 0 radical (unpaired) electrons. The molecule has 0 saturated heterocycles. The Hall–Kier alpha value is -2.33. The number of imidazole rings is 1. The van der Waals surface area contributed by atoms with Crippen molar-refractivity contribution in [2.24, 2.45) is 0 Å². The quantitative estimate of drug-likeness (QED) is 0.637. The maximum Gasteiger partial charge on any atom is 0.251 e. The Bertz CT molecular complexity index is 814. The number of aromatic nitrogens is 2. The summed E-state index contributed by atoms with van der Waals surface area (Å²) < 4.78 is 2.30. The van der Waals surface area contributed by atoms with Gasteiger partial charge in [0.2, 0.25) is 0 Å². The topological polar surface area (TPSA) is 46.9 Å². The number of fused-ring (bicyclic) bond motifs is 1. The van der Waals surface area contributed by atoms with Gasteiger partial charge in [-0.25, -0.2) is 4.98 Å². The van der Waals surface area contributed by atoms with Crippen LogP contribution in [0.4, 0.5) is 0 Å². The summed E-state index contributed by atoms with van der Waals surface area (Å²) in [5.41, 5.74) is 2.95. The Kier molecular flexibility index (Phi) is 7.02. The van der Waals surface area contributed by atoms with Crippen molar-refractivity contribution in [3.8, 4) is 0 Å². The monoisotopic (exact) mass is 356 g/mol. The van der Waals surface area contributed by atoms with E-state index < -0.39 is 0 Å². The minimum absolute atomic E-state index is 0. The number of para-hydroxylation sites is 2. The van der Waals surface area contributed by atoms with E-state index >= 15 is 0 Å². The highest BCUT2D eigenvalue weighted by molar-refractivity contribution is 5.94. The van der Waals surface area contributed by atoms with Gasteiger partial charge in [-0.1, -0.05) is 37.3 Å². The molecule has 25 heavy (non-hydrogen) atoms. The van der Waals surface area contributed by atoms with E-state index in [0.717, 1.165) is 37.1 Å². The van der Waals surface area contributed by atoms with Crippen LogP contribution in [0.15, 0.2) is 54.6 Å². The Morgan fingerprint density at radius 3 is 2.56 bits per heavy atom. The second kappa shape index (κ2) is 9.23. The molecule has 1 amide bonds. The van der Waals surface area contributed by atoms with Crippen molar-refractivity contribution in [2.75, 3.05) is 6.54 Å². The Morgan fingerprint density at radius 2 is 1.80 bits per heavy atom. The van der Waals surface area contributed by atoms with Crippen molar-refractivity contribution < 1.29 is 17.2 Å². The molecule has 0 saturated carbocycles. The van der Waals surface area contributed by atoms with Crippen LogP contribution in [0.1, 0.15) is 35.9 Å². The number of nitrogens with one attached hydrogen (secondary N) is 1. The molecule has 2 aromatic carbocycles. The lowest BCUT2D eigenvalue weighted by Crippen LogP contribution is -3.00. The Balaban J connectivity index is 0.00000225. The number of amides is 1. The van der Waals surface area contributed by atoms with Crippen molar-refractivity contribution in [3.63, 3.8) is 0 Å². The third-order valence-corrected chi connectivity index (χ3v) is 4.08. The first-order chi connectivity index (χ1) is 11.8. The molecule has 1 N–H and O–H groups in total. The fourth-order valence-corrected chi connectivity index (χ4v) is 2.93. The number of nitrogens with zero attached hydrogens (tertiary/aromatic N) is 2. The van der Waals surface area contributed by atoms with Crippen LogP contribution in [0.25, 0.3) is 11.0 Å². The molecule has 132 valence electrons. The van der Waals surface area contributed by atoms with E-state index in [-0.39, 0.29) is 18.3 Å². The highest BCUT2D eigenvalue weighted by Crippen LogP contribution is 2.17. The van der Waals surface area contributed by atoms with Crippen LogP contribution in [0.3, 0.4) is 0 Å². The van der Waals surface area contributed by atoms with E-state index in [2.05, 4.69) is 35.0 Å². The Morgan fingerprint density at radius 1 is 1.08 bits per heavy atom. The number of aryl methyl sites for hydroxylation is 2. The number of carbonyl (C=O) groups excluding carboxylic acids is 1. The second-order valence-corrected chi connectivity index (χ2v) is 5.89. The van der Waals surface area contributed by atoms with Crippen LogP contribution in [-0.4, -0.2) is 22.0 Å². The van der Waals surface area contributed by atoms with Gasteiger partial charge in [0.1, 0.15) is 5.82 Å². The van der Waals surface area contributed by atoms with E-state index in [9.17, 15) is 4.79 Å². The van der Waals surface area contributed by atoms with Crippen LogP contribution in [0.5, 0.6) is 0 Å². The minimum Gasteiger partial charge on any atom is -1.00 e. The van der Waals surface area contributed by atoms with Crippen LogP contribution < -0.4 is 17.7 Å². The SMILES string of the molecule is CCCn1c(CCCNC(=O)c2ccccc2)nc2ccccc21.[Cl-]. The molecule has 0 spiro atoms. The molecule has 0 aliphatic heterocycles. The highest BCUT2D eigenvalue weighted by atomic mass is 35.5. The molecular formula is C20H23ClN3O-. The molecular weight excluding hydrogens is 334 g/mol. The molecule has 4 nitrogen and oxygen atoms in total. The summed E-state index contributed by atoms with van der Waals surface area (Å²) in [5, 5.41) is 2.98. The molecule has 0 bridgehead atoms. The maximum absolute atomic E-state index is 12.0. The summed E-state index contributed by atoms with van der Waals surface area (Å²) >= 11 is 0. The van der Waals surface area contributed by atoms with E-state index in [4.69, 9.17) is 4.98 Å². The number of rotatable bonds is 7. The average Bonchev–Trinajstić information content (AvgIpc) is 2.97. The van der Waals surface area contributed by atoms with Crippen LogP contribution in [0.2, 0.25) is 0 Å². The van der Waals surface area contributed by atoms with Crippen LogP contribution >= 0.6 is 0 Å². The van der Waals surface area contributed by atoms with Crippen LogP contribution in [0, 0.1) is 0 Å². The molecule has 0 aliphatic carbocycles. The van der Waals surface area contributed by atoms with E-state index in [1.807, 2.05) is 36.4 Å². The van der Waals surface area contributed by atoms with E-state index in [0.29, 0.717) is 12.1 Å². The van der Waals surface area contributed by atoms with Gasteiger partial charge in [0, 0.05) is 25.1 Å². The number of hydrogen-bond acceptors (Lipinski definition) is 2. The summed E-state index contributed by atoms with van der Waals surface area (Å²) in [6.45, 7) is 3.81. The van der Waals surface area contributed by atoms with Gasteiger partial charge >= 0.3 is 0 Å². The van der Waals surface area contributed by atoms with Gasteiger partial charge in [-0.05, 0) is 37.1 Å². The van der Waals surface area contributed by atoms with E-state index in [1.54, 1.807) is 0 Å². The van der Waals surface area contributed by atoms with Crippen LogP contribution in [-0.2, 0) is 13.0 Å². The first kappa shape index (κ1) is 19.0. The zero-order valence-electron chi connectivity index (χ0n) is 14.4. The first-order valence-electron chi connectivity index (χ1n) is 8.57. The summed E-state index contributed by atoms with van der Waals surface area (Å²) in [7, 11) is 0. The molecule has 5 heteroatoms. The van der Waals surface area contributed by atoms with Gasteiger partial charge < -0.3 is 22.3 Å². The molecule has 0 unspecified atom stereocenters. The van der Waals surface area contributed by atoms with Crippen molar-refractivity contribution >= 4 is 16.9 Å². The zero-order chi connectivity index (χ0) is 16.8. The third-order valence-electron chi connectivity index (χ3n) is 4.08. The predicted molar refractivity (Wildman–Crippen MR) is 97.1 cm³/mol. The van der Waals surface area contributed by atoms with Gasteiger partial charge in [-0.2, -0.15) is 0 Å². The van der Waals surface area contributed by atoms with E-state index in [1.165, 1.54) is 5.52 Å². The van der Waals surface area contributed by atoms with Gasteiger partial charge in [0.05, 0.1) is 11.0 Å². The highest BCUT2D eigenvalue weighted by Gasteiger charge is 2.10. The van der Waals surface area contributed by atoms with Crippen molar-refractivity contribution in [1.82, 2.24) is 14.9 Å². The van der Waals surface area contributed by atoms with Crippen molar-refractivity contribution in [2.45, 2.75) is 32.7 Å². The summed E-state index contributed by atoms with van der Waals surface area (Å²) in [4.78, 5) is 16.8. The molecule has 3 aromatic rings. The first-order valence-corrected chi connectivity index (χ1v) is 8.57. The molecule has 1 heterocycles. The largest absolute Gasteiger partial charge is 1.00 e. The van der Waals surface area contributed by atoms with Gasteiger partial charge in [-0.3, -0.25) is 4.79 Å². The molecule has 0 aliphatic rings. The molecule has 1 aromatic heterocycles. The van der Waals surface area contributed by atoms with Crippen molar-refractivity contribution in [1.29, 1.82) is 0 Å². The van der Waals surface area contributed by atoms with Crippen molar-refractivity contribution in [3.05, 3.63) is 66.0 Å². The fourth-order valence-electron chi connectivity index (χ4n) is 2.93. The number of carbonyl (C=O) groups is 1. The summed E-state index contributed by atoms with van der Waals surface area (Å²) in [6, 6.07) is 17.6. The Labute approximate surface area is 154 Å². The lowest BCUT2D eigenvalue weighted by atomic mass is 10.2. The smallest absolute Gasteiger partial charge is 0.251 e. The lowest BCUT2D eigenvalue weighted by Gasteiger charge is -2.08. The van der Waals surface area contributed by atoms with Gasteiger partial charge in [-0.15, -0.1) is 0 Å². The average molecular weight is 357 g/mol. The molecule has 0 atom stereocenters. The number of halogens is 1.